The van der Waals surface area contributed by atoms with Crippen LogP contribution in [-0.2, 0) is 19.6 Å². The van der Waals surface area contributed by atoms with E-state index in [1.807, 2.05) is 36.4 Å². The van der Waals surface area contributed by atoms with E-state index in [0.717, 1.165) is 9.87 Å². The third-order valence-corrected chi connectivity index (χ3v) is 7.25. The lowest BCUT2D eigenvalue weighted by molar-refractivity contribution is -0.137. The summed E-state index contributed by atoms with van der Waals surface area (Å²) in [6.45, 7) is 0.913. The second kappa shape index (κ2) is 7.83. The van der Waals surface area contributed by atoms with E-state index in [1.165, 1.54) is 17.7 Å². The van der Waals surface area contributed by atoms with Crippen molar-refractivity contribution < 1.29 is 18.0 Å². The lowest BCUT2D eigenvalue weighted by Gasteiger charge is -2.32. The van der Waals surface area contributed by atoms with Crippen LogP contribution in [0.15, 0.2) is 71.6 Å². The standard InChI is InChI=1S/C22H22N2O4S/c25-21-12-11-20(24(21)29(27,28)19-9-5-2-6-10-19)22(26)23-15-13-18(14-16-23)17-7-3-1-4-8-17/h1-10,13,20H,11-12,14-16H2/t20-/m0/s1. The fraction of sp³-hybridized carbons (Fsp3) is 0.273. The Morgan fingerprint density at radius 1 is 0.931 bits per heavy atom. The van der Waals surface area contributed by atoms with Crippen molar-refractivity contribution in [2.45, 2.75) is 30.2 Å². The Balaban J connectivity index is 1.54. The molecular formula is C22H22N2O4S. The van der Waals surface area contributed by atoms with Gasteiger partial charge in [0, 0.05) is 19.5 Å². The number of hydrogen-bond acceptors (Lipinski definition) is 4. The van der Waals surface area contributed by atoms with E-state index in [-0.39, 0.29) is 23.6 Å². The van der Waals surface area contributed by atoms with Crippen LogP contribution in [0.5, 0.6) is 0 Å². The number of hydrogen-bond donors (Lipinski definition) is 0. The smallest absolute Gasteiger partial charge is 0.267 e. The Hall–Kier alpha value is -2.93. The molecule has 2 aromatic carbocycles. The van der Waals surface area contributed by atoms with Crippen LogP contribution < -0.4 is 0 Å². The van der Waals surface area contributed by atoms with E-state index in [2.05, 4.69) is 0 Å². The van der Waals surface area contributed by atoms with Crippen LogP contribution in [0.3, 0.4) is 0 Å². The highest BCUT2D eigenvalue weighted by atomic mass is 32.2. The molecule has 0 spiro atoms. The van der Waals surface area contributed by atoms with Gasteiger partial charge in [-0.15, -0.1) is 0 Å². The molecule has 6 nitrogen and oxygen atoms in total. The minimum Gasteiger partial charge on any atom is -0.337 e. The first kappa shape index (κ1) is 19.4. The predicted molar refractivity (Wildman–Crippen MR) is 109 cm³/mol. The molecule has 4 rings (SSSR count). The zero-order valence-electron chi connectivity index (χ0n) is 15.9. The van der Waals surface area contributed by atoms with Gasteiger partial charge in [-0.1, -0.05) is 54.6 Å². The van der Waals surface area contributed by atoms with Gasteiger partial charge in [0.25, 0.3) is 10.0 Å². The second-order valence-corrected chi connectivity index (χ2v) is 9.01. The van der Waals surface area contributed by atoms with Gasteiger partial charge in [0.15, 0.2) is 0 Å². The first-order chi connectivity index (χ1) is 14.0. The molecule has 0 radical (unpaired) electrons. The van der Waals surface area contributed by atoms with Crippen LogP contribution >= 0.6 is 0 Å². The SMILES string of the molecule is O=C([C@@H]1CCC(=O)N1S(=O)(=O)c1ccccc1)N1CC=C(c2ccccc2)CC1. The third-order valence-electron chi connectivity index (χ3n) is 5.41. The molecule has 0 unspecified atom stereocenters. The summed E-state index contributed by atoms with van der Waals surface area (Å²) in [5.41, 5.74) is 2.30. The Morgan fingerprint density at radius 2 is 1.59 bits per heavy atom. The lowest BCUT2D eigenvalue weighted by atomic mass is 9.99. The second-order valence-electron chi connectivity index (χ2n) is 7.19. The molecular weight excluding hydrogens is 388 g/mol. The van der Waals surface area contributed by atoms with Gasteiger partial charge in [0.2, 0.25) is 11.8 Å². The van der Waals surface area contributed by atoms with Crippen molar-refractivity contribution in [2.24, 2.45) is 0 Å². The summed E-state index contributed by atoms with van der Waals surface area (Å²) in [6, 6.07) is 16.8. The highest BCUT2D eigenvalue weighted by Gasteiger charge is 2.45. The maximum Gasteiger partial charge on any atom is 0.267 e. The molecule has 7 heteroatoms. The van der Waals surface area contributed by atoms with E-state index in [0.29, 0.717) is 19.5 Å². The summed E-state index contributed by atoms with van der Waals surface area (Å²) >= 11 is 0. The van der Waals surface area contributed by atoms with Gasteiger partial charge >= 0.3 is 0 Å². The Bertz CT molecular complexity index is 1050. The van der Waals surface area contributed by atoms with Gasteiger partial charge in [-0.25, -0.2) is 12.7 Å². The van der Waals surface area contributed by atoms with E-state index >= 15 is 0 Å². The lowest BCUT2D eigenvalue weighted by Crippen LogP contribution is -2.49. The maximum atomic E-state index is 13.1. The van der Waals surface area contributed by atoms with E-state index in [9.17, 15) is 18.0 Å². The van der Waals surface area contributed by atoms with Gasteiger partial charge in [-0.3, -0.25) is 9.59 Å². The normalized spacial score (nSPS) is 19.9. The molecule has 0 N–H and O–H groups in total. The molecule has 150 valence electrons. The summed E-state index contributed by atoms with van der Waals surface area (Å²) in [7, 11) is -4.05. The van der Waals surface area contributed by atoms with Gasteiger partial charge in [-0.05, 0) is 36.1 Å². The quantitative estimate of drug-likeness (QED) is 0.777. The Morgan fingerprint density at radius 3 is 2.21 bits per heavy atom. The predicted octanol–water partition coefficient (Wildman–Crippen LogP) is 2.68. The largest absolute Gasteiger partial charge is 0.337 e. The van der Waals surface area contributed by atoms with Gasteiger partial charge < -0.3 is 4.90 Å². The zero-order chi connectivity index (χ0) is 20.4. The number of amides is 2. The van der Waals surface area contributed by atoms with Crippen molar-refractivity contribution in [2.75, 3.05) is 13.1 Å². The molecule has 1 atom stereocenters. The fourth-order valence-corrected chi connectivity index (χ4v) is 5.51. The van der Waals surface area contributed by atoms with Gasteiger partial charge in [-0.2, -0.15) is 0 Å². The summed E-state index contributed by atoms with van der Waals surface area (Å²) in [5, 5.41) is 0. The molecule has 2 aliphatic rings. The van der Waals surface area contributed by atoms with Crippen LogP contribution in [0.4, 0.5) is 0 Å². The number of carbonyl (C=O) groups excluding carboxylic acids is 2. The number of carbonyl (C=O) groups is 2. The number of rotatable bonds is 4. The molecule has 0 bridgehead atoms. The number of nitrogens with zero attached hydrogens (tertiary/aromatic N) is 2. The summed E-state index contributed by atoms with van der Waals surface area (Å²) in [6.07, 6.45) is 2.97. The molecule has 0 saturated carbocycles. The van der Waals surface area contributed by atoms with Crippen molar-refractivity contribution in [1.29, 1.82) is 0 Å². The van der Waals surface area contributed by atoms with Crippen molar-refractivity contribution in [3.8, 4) is 0 Å². The monoisotopic (exact) mass is 410 g/mol. The van der Waals surface area contributed by atoms with E-state index < -0.39 is 22.0 Å². The van der Waals surface area contributed by atoms with Crippen molar-refractivity contribution in [3.05, 3.63) is 72.3 Å². The minimum absolute atomic E-state index is 0.0259. The number of sulfonamides is 1. The highest BCUT2D eigenvalue weighted by Crippen LogP contribution is 2.30. The van der Waals surface area contributed by atoms with Gasteiger partial charge in [0.05, 0.1) is 4.90 Å². The minimum atomic E-state index is -4.05. The van der Waals surface area contributed by atoms with Crippen LogP contribution in [0.2, 0.25) is 0 Å². The highest BCUT2D eigenvalue weighted by molar-refractivity contribution is 7.89. The average molecular weight is 410 g/mol. The summed E-state index contributed by atoms with van der Waals surface area (Å²) < 4.78 is 26.8. The van der Waals surface area contributed by atoms with Gasteiger partial charge in [0.1, 0.15) is 6.04 Å². The zero-order valence-corrected chi connectivity index (χ0v) is 16.7. The molecule has 2 amide bonds. The van der Waals surface area contributed by atoms with Crippen molar-refractivity contribution in [3.63, 3.8) is 0 Å². The molecule has 0 aromatic heterocycles. The third kappa shape index (κ3) is 3.70. The fourth-order valence-electron chi connectivity index (χ4n) is 3.89. The van der Waals surface area contributed by atoms with Crippen molar-refractivity contribution >= 4 is 27.4 Å². The Labute approximate surface area is 170 Å². The first-order valence-corrected chi connectivity index (χ1v) is 11.1. The molecule has 1 saturated heterocycles. The van der Waals surface area contributed by atoms with Crippen LogP contribution in [-0.4, -0.2) is 48.6 Å². The van der Waals surface area contributed by atoms with Crippen molar-refractivity contribution in [1.82, 2.24) is 9.21 Å². The molecule has 2 aliphatic heterocycles. The molecule has 0 aliphatic carbocycles. The first-order valence-electron chi connectivity index (χ1n) is 9.64. The molecule has 2 heterocycles. The number of benzene rings is 2. The average Bonchev–Trinajstić information content (AvgIpc) is 3.17. The van der Waals surface area contributed by atoms with E-state index in [1.54, 1.807) is 23.1 Å². The van der Waals surface area contributed by atoms with E-state index in [4.69, 9.17) is 0 Å². The summed E-state index contributed by atoms with van der Waals surface area (Å²) in [5.74, 6) is -0.830. The topological polar surface area (TPSA) is 74.8 Å². The van der Waals surface area contributed by atoms with Crippen LogP contribution in [0.25, 0.3) is 5.57 Å². The molecule has 1 fully saturated rings. The molecule has 2 aromatic rings. The molecule has 29 heavy (non-hydrogen) atoms. The van der Waals surface area contributed by atoms with Crippen LogP contribution in [0.1, 0.15) is 24.8 Å². The maximum absolute atomic E-state index is 13.1. The summed E-state index contributed by atoms with van der Waals surface area (Å²) in [4.78, 5) is 27.2. The van der Waals surface area contributed by atoms with Crippen LogP contribution in [0, 0.1) is 0 Å². The Kier molecular flexibility index (Phi) is 5.24.